The summed E-state index contributed by atoms with van der Waals surface area (Å²) < 4.78 is 7.09. The van der Waals surface area contributed by atoms with Crippen LogP contribution in [-0.4, -0.2) is 31.1 Å². The predicted octanol–water partition coefficient (Wildman–Crippen LogP) is 3.89. The highest BCUT2D eigenvalue weighted by Crippen LogP contribution is 2.25. The van der Waals surface area contributed by atoms with Crippen LogP contribution in [0.25, 0.3) is 11.3 Å². The van der Waals surface area contributed by atoms with Crippen LogP contribution in [0.4, 0.5) is 0 Å². The van der Waals surface area contributed by atoms with Crippen LogP contribution in [0.5, 0.6) is 0 Å². The molecule has 1 aliphatic heterocycles. The molecule has 0 amide bonds. The Labute approximate surface area is 134 Å². The molecule has 1 aromatic carbocycles. The lowest BCUT2D eigenvalue weighted by molar-refractivity contribution is 0.176. The number of furan rings is 1. The molecule has 2 heterocycles. The number of likely N-dealkylation sites (N-methyl/N-ethyl adjacent to an activating group) is 1. The monoisotopic (exact) mass is 348 g/mol. The Balaban J connectivity index is 1.66. The van der Waals surface area contributed by atoms with E-state index in [1.165, 1.54) is 12.8 Å². The van der Waals surface area contributed by atoms with Gasteiger partial charge in [-0.25, -0.2) is 0 Å². The van der Waals surface area contributed by atoms with Crippen LogP contribution in [0.2, 0.25) is 0 Å². The number of benzene rings is 1. The normalized spacial score (nSPS) is 19.8. The van der Waals surface area contributed by atoms with Crippen molar-refractivity contribution in [1.82, 2.24) is 10.2 Å². The first-order valence-electron chi connectivity index (χ1n) is 7.49. The van der Waals surface area contributed by atoms with Gasteiger partial charge in [-0.2, -0.15) is 0 Å². The van der Waals surface area contributed by atoms with Gasteiger partial charge in [0, 0.05) is 22.6 Å². The average molecular weight is 349 g/mol. The molecular weight excluding hydrogens is 328 g/mol. The molecule has 3 rings (SSSR count). The summed E-state index contributed by atoms with van der Waals surface area (Å²) in [5.41, 5.74) is 1.12. The number of likely N-dealkylation sites (tertiary alicyclic amines) is 1. The maximum absolute atomic E-state index is 6.00. The van der Waals surface area contributed by atoms with Crippen molar-refractivity contribution in [2.45, 2.75) is 25.4 Å². The molecule has 0 radical (unpaired) electrons. The van der Waals surface area contributed by atoms with E-state index in [4.69, 9.17) is 4.42 Å². The lowest BCUT2D eigenvalue weighted by atomic mass is 10.1. The summed E-state index contributed by atoms with van der Waals surface area (Å²) in [7, 11) is 2.05. The summed E-state index contributed by atoms with van der Waals surface area (Å²) in [6.45, 7) is 3.16. The number of nitrogens with one attached hydrogen (secondary N) is 1. The smallest absolute Gasteiger partial charge is 0.134 e. The molecule has 0 bridgehead atoms. The second-order valence-electron chi connectivity index (χ2n) is 5.64. The molecule has 1 saturated heterocycles. The maximum atomic E-state index is 6.00. The average Bonchev–Trinajstić information content (AvgIpc) is 2.96. The summed E-state index contributed by atoms with van der Waals surface area (Å²) in [5.74, 6) is 1.99. The van der Waals surface area contributed by atoms with Gasteiger partial charge in [0.25, 0.3) is 0 Å². The number of piperidine rings is 1. The van der Waals surface area contributed by atoms with Crippen LogP contribution in [0.3, 0.4) is 0 Å². The fraction of sp³-hybridized carbons (Fsp3) is 0.412. The second-order valence-corrected chi connectivity index (χ2v) is 6.55. The number of hydrogen-bond donors (Lipinski definition) is 1. The highest BCUT2D eigenvalue weighted by Gasteiger charge is 2.19. The molecule has 2 aromatic rings. The van der Waals surface area contributed by atoms with Crippen LogP contribution in [0.15, 0.2) is 45.3 Å². The molecule has 3 nitrogen and oxygen atoms in total. The van der Waals surface area contributed by atoms with Gasteiger partial charge in [0.05, 0.1) is 6.54 Å². The van der Waals surface area contributed by atoms with Crippen LogP contribution >= 0.6 is 15.9 Å². The van der Waals surface area contributed by atoms with Gasteiger partial charge in [0.1, 0.15) is 11.5 Å². The number of rotatable bonds is 4. The Bertz CT molecular complexity index is 579. The molecule has 1 unspecified atom stereocenters. The van der Waals surface area contributed by atoms with Crippen molar-refractivity contribution in [1.29, 1.82) is 0 Å². The van der Waals surface area contributed by atoms with E-state index in [2.05, 4.69) is 50.4 Å². The van der Waals surface area contributed by atoms with E-state index in [-0.39, 0.29) is 0 Å². The highest BCUT2D eigenvalue weighted by atomic mass is 79.9. The summed E-state index contributed by atoms with van der Waals surface area (Å²) in [5, 5.41) is 3.38. The van der Waals surface area contributed by atoms with Crippen molar-refractivity contribution in [2.75, 3.05) is 20.1 Å². The first-order chi connectivity index (χ1) is 10.2. The van der Waals surface area contributed by atoms with Crippen LogP contribution in [-0.2, 0) is 6.54 Å². The molecule has 0 saturated carbocycles. The molecule has 1 N–H and O–H groups in total. The summed E-state index contributed by atoms with van der Waals surface area (Å²) in [6, 6.07) is 13.0. The van der Waals surface area contributed by atoms with E-state index < -0.39 is 0 Å². The number of halogens is 1. The molecule has 112 valence electrons. The van der Waals surface area contributed by atoms with Gasteiger partial charge in [-0.3, -0.25) is 4.90 Å². The molecule has 0 aliphatic carbocycles. The Morgan fingerprint density at radius 1 is 1.24 bits per heavy atom. The second kappa shape index (κ2) is 6.77. The van der Waals surface area contributed by atoms with Gasteiger partial charge in [-0.15, -0.1) is 0 Å². The lowest BCUT2D eigenvalue weighted by Crippen LogP contribution is -2.43. The Kier molecular flexibility index (Phi) is 4.78. The van der Waals surface area contributed by atoms with E-state index in [0.717, 1.165) is 41.2 Å². The van der Waals surface area contributed by atoms with E-state index >= 15 is 0 Å². The topological polar surface area (TPSA) is 28.4 Å². The zero-order chi connectivity index (χ0) is 14.7. The van der Waals surface area contributed by atoms with Crippen molar-refractivity contribution in [3.05, 3.63) is 46.6 Å². The zero-order valence-electron chi connectivity index (χ0n) is 12.3. The lowest BCUT2D eigenvalue weighted by Gasteiger charge is -2.31. The Morgan fingerprint density at radius 3 is 2.81 bits per heavy atom. The van der Waals surface area contributed by atoms with Crippen molar-refractivity contribution < 1.29 is 4.42 Å². The van der Waals surface area contributed by atoms with Gasteiger partial charge in [0.2, 0.25) is 0 Å². The molecule has 1 aliphatic rings. The Hall–Kier alpha value is -1.10. The first kappa shape index (κ1) is 14.8. The minimum Gasteiger partial charge on any atom is -0.460 e. The van der Waals surface area contributed by atoms with Gasteiger partial charge in [-0.1, -0.05) is 28.1 Å². The molecule has 1 aromatic heterocycles. The highest BCUT2D eigenvalue weighted by molar-refractivity contribution is 9.10. The number of hydrogen-bond acceptors (Lipinski definition) is 3. The third-order valence-corrected chi connectivity index (χ3v) is 4.61. The van der Waals surface area contributed by atoms with Crippen LogP contribution in [0.1, 0.15) is 18.6 Å². The van der Waals surface area contributed by atoms with E-state index in [1.807, 2.05) is 19.2 Å². The fourth-order valence-electron chi connectivity index (χ4n) is 2.89. The molecule has 21 heavy (non-hydrogen) atoms. The summed E-state index contributed by atoms with van der Waals surface area (Å²) in [4.78, 5) is 2.47. The largest absolute Gasteiger partial charge is 0.460 e. The summed E-state index contributed by atoms with van der Waals surface area (Å²) in [6.07, 6.45) is 2.53. The minimum atomic E-state index is 0.611. The summed E-state index contributed by atoms with van der Waals surface area (Å²) >= 11 is 3.46. The van der Waals surface area contributed by atoms with Crippen molar-refractivity contribution in [2.24, 2.45) is 0 Å². The van der Waals surface area contributed by atoms with Crippen LogP contribution in [0, 0.1) is 0 Å². The maximum Gasteiger partial charge on any atom is 0.134 e. The fourth-order valence-corrected chi connectivity index (χ4v) is 3.15. The van der Waals surface area contributed by atoms with Gasteiger partial charge < -0.3 is 9.73 Å². The van der Waals surface area contributed by atoms with Gasteiger partial charge in [-0.05, 0) is 50.7 Å². The minimum absolute atomic E-state index is 0.611. The van der Waals surface area contributed by atoms with Gasteiger partial charge >= 0.3 is 0 Å². The number of nitrogens with zero attached hydrogens (tertiary/aromatic N) is 1. The molecular formula is C17H21BrN2O. The molecule has 4 heteroatoms. The van der Waals surface area contributed by atoms with Crippen molar-refractivity contribution >= 4 is 15.9 Å². The quantitative estimate of drug-likeness (QED) is 0.908. The predicted molar refractivity (Wildman–Crippen MR) is 89.2 cm³/mol. The zero-order valence-corrected chi connectivity index (χ0v) is 13.9. The van der Waals surface area contributed by atoms with E-state index in [0.29, 0.717) is 6.04 Å². The van der Waals surface area contributed by atoms with Crippen molar-refractivity contribution in [3.63, 3.8) is 0 Å². The third-order valence-electron chi connectivity index (χ3n) is 4.08. The van der Waals surface area contributed by atoms with Gasteiger partial charge in [0.15, 0.2) is 0 Å². The molecule has 1 atom stereocenters. The van der Waals surface area contributed by atoms with E-state index in [9.17, 15) is 0 Å². The Morgan fingerprint density at radius 2 is 2.05 bits per heavy atom. The standard InChI is InChI=1S/C17H21BrN2O/c1-19-15-3-2-10-20(11-15)12-16-8-9-17(21-16)13-4-6-14(18)7-5-13/h4-9,15,19H,2-3,10-12H2,1H3. The first-order valence-corrected chi connectivity index (χ1v) is 8.28. The van der Waals surface area contributed by atoms with E-state index in [1.54, 1.807) is 0 Å². The third kappa shape index (κ3) is 3.76. The molecule has 1 fully saturated rings. The molecule has 0 spiro atoms. The van der Waals surface area contributed by atoms with Crippen molar-refractivity contribution in [3.8, 4) is 11.3 Å². The van der Waals surface area contributed by atoms with Crippen LogP contribution < -0.4 is 5.32 Å². The SMILES string of the molecule is CNC1CCCN(Cc2ccc(-c3ccc(Br)cc3)o2)C1.